The molecule has 0 atom stereocenters. The van der Waals surface area contributed by atoms with Crippen LogP contribution in [0.4, 0.5) is 10.1 Å². The van der Waals surface area contributed by atoms with Crippen molar-refractivity contribution in [3.8, 4) is 5.75 Å². The van der Waals surface area contributed by atoms with Gasteiger partial charge in [0, 0.05) is 29.6 Å². The Hall–Kier alpha value is -2.38. The number of benzene rings is 2. The van der Waals surface area contributed by atoms with E-state index in [1.54, 1.807) is 13.3 Å². The minimum atomic E-state index is -0.195. The number of hydrogen-bond acceptors (Lipinski definition) is 4. The van der Waals surface area contributed by atoms with Gasteiger partial charge in [-0.25, -0.2) is 4.39 Å². The summed E-state index contributed by atoms with van der Waals surface area (Å²) in [6.45, 7) is 0.786. The maximum Gasteiger partial charge on any atom is 0.170 e. The van der Waals surface area contributed by atoms with Crippen LogP contribution in [0.3, 0.4) is 0 Å². The van der Waals surface area contributed by atoms with Crippen molar-refractivity contribution in [2.45, 2.75) is 12.2 Å². The van der Waals surface area contributed by atoms with Crippen LogP contribution in [0, 0.1) is 5.82 Å². The van der Waals surface area contributed by atoms with Crippen LogP contribution in [-0.4, -0.2) is 29.5 Å². The molecule has 146 valence electrons. The molecule has 1 heterocycles. The first-order valence-corrected chi connectivity index (χ1v) is 10.5. The summed E-state index contributed by atoms with van der Waals surface area (Å²) in [4.78, 5) is 4.39. The van der Waals surface area contributed by atoms with E-state index < -0.39 is 0 Å². The van der Waals surface area contributed by atoms with Gasteiger partial charge in [0.2, 0.25) is 0 Å². The zero-order valence-corrected chi connectivity index (χ0v) is 17.2. The van der Waals surface area contributed by atoms with E-state index in [-0.39, 0.29) is 5.82 Å². The first kappa shape index (κ1) is 20.4. The third-order valence-electron chi connectivity index (χ3n) is 4.13. The predicted molar refractivity (Wildman–Crippen MR) is 120 cm³/mol. The topological polar surface area (TPSA) is 46.2 Å². The van der Waals surface area contributed by atoms with Gasteiger partial charge in [-0.2, -0.15) is 11.8 Å². The second-order valence-corrected chi connectivity index (χ2v) is 7.64. The van der Waals surface area contributed by atoms with Crippen molar-refractivity contribution in [2.75, 3.05) is 24.7 Å². The number of thiocarbonyl (C=S) groups is 1. The van der Waals surface area contributed by atoms with Crippen molar-refractivity contribution in [1.29, 1.82) is 0 Å². The van der Waals surface area contributed by atoms with Crippen LogP contribution < -0.4 is 15.4 Å². The average molecular weight is 416 g/mol. The van der Waals surface area contributed by atoms with Gasteiger partial charge in [-0.3, -0.25) is 4.98 Å². The zero-order valence-electron chi connectivity index (χ0n) is 15.6. The number of methoxy groups -OCH3 is 1. The van der Waals surface area contributed by atoms with E-state index in [1.165, 1.54) is 12.1 Å². The molecule has 0 saturated carbocycles. The number of nitrogens with zero attached hydrogens (tertiary/aromatic N) is 1. The van der Waals surface area contributed by atoms with E-state index in [1.807, 2.05) is 48.2 Å². The molecule has 2 N–H and O–H groups in total. The molecule has 0 radical (unpaired) electrons. The van der Waals surface area contributed by atoms with Gasteiger partial charge < -0.3 is 15.4 Å². The van der Waals surface area contributed by atoms with Crippen molar-refractivity contribution in [3.63, 3.8) is 0 Å². The second-order valence-electron chi connectivity index (χ2n) is 6.13. The number of fused-ring (bicyclic) bond motifs is 1. The molecule has 0 aliphatic rings. The van der Waals surface area contributed by atoms with Crippen LogP contribution in [0.15, 0.2) is 54.7 Å². The van der Waals surface area contributed by atoms with Crippen molar-refractivity contribution >= 4 is 45.7 Å². The summed E-state index contributed by atoms with van der Waals surface area (Å²) < 4.78 is 18.3. The number of hydrogen-bond donors (Lipinski definition) is 2. The number of anilines is 1. The molecule has 28 heavy (non-hydrogen) atoms. The molecule has 3 aromatic rings. The molecule has 2 aromatic carbocycles. The molecule has 0 unspecified atom stereocenters. The van der Waals surface area contributed by atoms with Gasteiger partial charge in [-0.15, -0.1) is 0 Å². The molecular formula is C21H22FN3OS2. The van der Waals surface area contributed by atoms with Gasteiger partial charge in [-0.1, -0.05) is 12.1 Å². The molecule has 0 bridgehead atoms. The smallest absolute Gasteiger partial charge is 0.170 e. The van der Waals surface area contributed by atoms with E-state index in [9.17, 15) is 4.39 Å². The van der Waals surface area contributed by atoms with Crippen LogP contribution in [0.2, 0.25) is 0 Å². The van der Waals surface area contributed by atoms with E-state index in [0.29, 0.717) is 5.11 Å². The van der Waals surface area contributed by atoms with Crippen LogP contribution in [0.5, 0.6) is 5.75 Å². The number of rotatable bonds is 8. The maximum atomic E-state index is 12.9. The Balaban J connectivity index is 1.42. The molecule has 3 rings (SSSR count). The highest BCUT2D eigenvalue weighted by Gasteiger charge is 2.08. The number of thioether (sulfide) groups is 1. The lowest BCUT2D eigenvalue weighted by molar-refractivity contribution is 0.419. The fourth-order valence-electron chi connectivity index (χ4n) is 2.73. The van der Waals surface area contributed by atoms with Crippen molar-refractivity contribution in [1.82, 2.24) is 10.3 Å². The van der Waals surface area contributed by atoms with E-state index in [2.05, 4.69) is 15.6 Å². The zero-order chi connectivity index (χ0) is 19.8. The van der Waals surface area contributed by atoms with E-state index in [4.69, 9.17) is 17.0 Å². The van der Waals surface area contributed by atoms with Gasteiger partial charge in [0.1, 0.15) is 17.1 Å². The van der Waals surface area contributed by atoms with Crippen LogP contribution in [-0.2, 0) is 5.75 Å². The molecule has 0 aliphatic heterocycles. The maximum absolute atomic E-state index is 12.9. The first-order valence-electron chi connectivity index (χ1n) is 8.96. The molecule has 0 aliphatic carbocycles. The monoisotopic (exact) mass is 415 g/mol. The lowest BCUT2D eigenvalue weighted by Crippen LogP contribution is -2.29. The third-order valence-corrected chi connectivity index (χ3v) is 5.49. The van der Waals surface area contributed by atoms with Gasteiger partial charge in [0.25, 0.3) is 0 Å². The Morgan fingerprint density at radius 2 is 2.00 bits per heavy atom. The summed E-state index contributed by atoms with van der Waals surface area (Å²) in [5.41, 5.74) is 2.83. The number of halogens is 1. The summed E-state index contributed by atoms with van der Waals surface area (Å²) in [7, 11) is 1.64. The summed E-state index contributed by atoms with van der Waals surface area (Å²) in [6, 6.07) is 14.4. The SMILES string of the molecule is COc1ccc(NC(=S)NCCCSCc2ccc(F)cc2)c2cccnc12. The number of pyridine rings is 1. The average Bonchev–Trinajstić information content (AvgIpc) is 2.72. The minimum Gasteiger partial charge on any atom is -0.494 e. The van der Waals surface area contributed by atoms with Crippen LogP contribution in [0.25, 0.3) is 10.9 Å². The third kappa shape index (κ3) is 5.56. The van der Waals surface area contributed by atoms with Gasteiger partial charge in [0.05, 0.1) is 7.11 Å². The van der Waals surface area contributed by atoms with E-state index >= 15 is 0 Å². The standard InChI is InChI=1S/C21H22FN3OS2/c1-26-19-10-9-18(17-4-2-11-23-20(17)19)25-21(27)24-12-3-13-28-14-15-5-7-16(22)8-6-15/h2,4-11H,3,12-14H2,1H3,(H2,24,25,27). The highest BCUT2D eigenvalue weighted by Crippen LogP contribution is 2.29. The first-order chi connectivity index (χ1) is 13.7. The fraction of sp³-hybridized carbons (Fsp3) is 0.238. The van der Waals surface area contributed by atoms with Gasteiger partial charge in [0.15, 0.2) is 5.11 Å². The molecular weight excluding hydrogens is 393 g/mol. The van der Waals surface area contributed by atoms with Crippen LogP contribution >= 0.6 is 24.0 Å². The Morgan fingerprint density at radius 1 is 1.18 bits per heavy atom. The second kappa shape index (κ2) is 10.2. The highest BCUT2D eigenvalue weighted by atomic mass is 32.2. The molecule has 0 spiro atoms. The van der Waals surface area contributed by atoms with Gasteiger partial charge in [-0.05, 0) is 66.4 Å². The van der Waals surface area contributed by atoms with Crippen molar-refractivity contribution < 1.29 is 9.13 Å². The van der Waals surface area contributed by atoms with Gasteiger partial charge >= 0.3 is 0 Å². The molecule has 0 amide bonds. The Labute approximate surface area is 173 Å². The van der Waals surface area contributed by atoms with Crippen LogP contribution in [0.1, 0.15) is 12.0 Å². The summed E-state index contributed by atoms with van der Waals surface area (Å²) in [5, 5.41) is 8.02. The van der Waals surface area contributed by atoms with E-state index in [0.717, 1.165) is 52.4 Å². The molecule has 0 fully saturated rings. The quantitative estimate of drug-likeness (QED) is 0.399. The lowest BCUT2D eigenvalue weighted by atomic mass is 10.1. The lowest BCUT2D eigenvalue weighted by Gasteiger charge is -2.13. The Morgan fingerprint density at radius 3 is 2.79 bits per heavy atom. The molecule has 0 saturated heterocycles. The molecule has 7 heteroatoms. The normalized spacial score (nSPS) is 10.6. The summed E-state index contributed by atoms with van der Waals surface area (Å²) >= 11 is 7.24. The molecule has 1 aromatic heterocycles. The number of nitrogens with one attached hydrogen (secondary N) is 2. The summed E-state index contributed by atoms with van der Waals surface area (Å²) in [5.74, 6) is 2.42. The largest absolute Gasteiger partial charge is 0.494 e. The van der Waals surface area contributed by atoms with Crippen molar-refractivity contribution in [2.24, 2.45) is 0 Å². The highest BCUT2D eigenvalue weighted by molar-refractivity contribution is 7.98. The fourth-order valence-corrected chi connectivity index (χ4v) is 3.87. The minimum absolute atomic E-state index is 0.195. The number of aromatic nitrogens is 1. The Bertz CT molecular complexity index is 935. The predicted octanol–water partition coefficient (Wildman–Crippen LogP) is 4.99. The van der Waals surface area contributed by atoms with Crippen molar-refractivity contribution in [3.05, 3.63) is 66.1 Å². The Kier molecular flexibility index (Phi) is 7.45. The molecule has 4 nitrogen and oxygen atoms in total. The number of ether oxygens (including phenoxy) is 1. The summed E-state index contributed by atoms with van der Waals surface area (Å²) in [6.07, 6.45) is 2.73.